The predicted octanol–water partition coefficient (Wildman–Crippen LogP) is 2.40. The van der Waals surface area contributed by atoms with Gasteiger partial charge in [0.25, 0.3) is 0 Å². The summed E-state index contributed by atoms with van der Waals surface area (Å²) >= 11 is 6.08. The maximum atomic E-state index is 4.34. The Morgan fingerprint density at radius 3 is 3.06 bits per heavy atom. The molecule has 0 bridgehead atoms. The summed E-state index contributed by atoms with van der Waals surface area (Å²) in [5.74, 6) is 2.58. The molecule has 0 saturated heterocycles. The largest absolute Gasteiger partial charge is 0.341 e. The van der Waals surface area contributed by atoms with Gasteiger partial charge in [0.05, 0.1) is 6.33 Å². The molecule has 2 aromatic heterocycles. The van der Waals surface area contributed by atoms with E-state index in [-0.39, 0.29) is 0 Å². The van der Waals surface area contributed by atoms with E-state index in [2.05, 4.69) is 39.5 Å². The number of H-pyrrole nitrogens is 1. The summed E-state index contributed by atoms with van der Waals surface area (Å²) in [5.41, 5.74) is 1.66. The Hall–Kier alpha value is -0.750. The van der Waals surface area contributed by atoms with Crippen molar-refractivity contribution in [3.63, 3.8) is 0 Å². The van der Waals surface area contributed by atoms with Gasteiger partial charge in [0, 0.05) is 5.75 Å². The maximum Gasteiger partial charge on any atom is 0.181 e. The summed E-state index contributed by atoms with van der Waals surface area (Å²) in [7, 11) is 0. The zero-order valence-corrected chi connectivity index (χ0v) is 10.8. The van der Waals surface area contributed by atoms with Crippen molar-refractivity contribution in [2.75, 3.05) is 11.5 Å². The third-order valence-electron chi connectivity index (χ3n) is 2.48. The monoisotopic (exact) mass is 254 g/mol. The van der Waals surface area contributed by atoms with Crippen LogP contribution in [0.5, 0.6) is 0 Å². The van der Waals surface area contributed by atoms with Gasteiger partial charge in [-0.05, 0) is 11.7 Å². The molecule has 0 aliphatic heterocycles. The van der Waals surface area contributed by atoms with E-state index in [1.54, 1.807) is 24.4 Å². The van der Waals surface area contributed by atoms with Crippen LogP contribution in [0.2, 0.25) is 0 Å². The highest BCUT2D eigenvalue weighted by Gasteiger charge is 2.09. The Balaban J connectivity index is 2.11. The molecule has 0 saturated carbocycles. The van der Waals surface area contributed by atoms with Gasteiger partial charge in [0.1, 0.15) is 16.9 Å². The van der Waals surface area contributed by atoms with Gasteiger partial charge in [-0.1, -0.05) is 13.3 Å². The molecule has 2 heterocycles. The molecule has 4 nitrogen and oxygen atoms in total. The summed E-state index contributed by atoms with van der Waals surface area (Å²) in [4.78, 5) is 15.5. The van der Waals surface area contributed by atoms with E-state index in [0.29, 0.717) is 5.92 Å². The molecular weight excluding hydrogens is 240 g/mol. The molecule has 0 amide bonds. The van der Waals surface area contributed by atoms with Crippen molar-refractivity contribution in [2.24, 2.45) is 5.92 Å². The quantitative estimate of drug-likeness (QED) is 0.489. The molecule has 0 fully saturated rings. The summed E-state index contributed by atoms with van der Waals surface area (Å²) in [6.07, 6.45) is 4.36. The third-order valence-corrected chi connectivity index (χ3v) is 4.22. The summed E-state index contributed by atoms with van der Waals surface area (Å²) < 4.78 is 0. The lowest BCUT2D eigenvalue weighted by molar-refractivity contribution is 0.649. The number of thioether (sulfide) groups is 1. The van der Waals surface area contributed by atoms with Crippen molar-refractivity contribution in [1.82, 2.24) is 19.9 Å². The first-order chi connectivity index (χ1) is 7.85. The minimum absolute atomic E-state index is 0.626. The summed E-state index contributed by atoms with van der Waals surface area (Å²) in [5, 5.41) is 0.975. The molecule has 1 N–H and O–H groups in total. The van der Waals surface area contributed by atoms with E-state index in [1.807, 2.05) is 0 Å². The van der Waals surface area contributed by atoms with Gasteiger partial charge < -0.3 is 4.98 Å². The Morgan fingerprint density at radius 2 is 2.31 bits per heavy atom. The average molecular weight is 254 g/mol. The minimum atomic E-state index is 0.626. The van der Waals surface area contributed by atoms with E-state index < -0.39 is 0 Å². The van der Waals surface area contributed by atoms with E-state index in [9.17, 15) is 0 Å². The van der Waals surface area contributed by atoms with Crippen molar-refractivity contribution < 1.29 is 0 Å². The number of fused-ring (bicyclic) bond motifs is 1. The van der Waals surface area contributed by atoms with Gasteiger partial charge >= 0.3 is 0 Å². The molecule has 2 aromatic rings. The molecule has 0 aromatic carbocycles. The Bertz CT molecular complexity index is 453. The summed E-state index contributed by atoms with van der Waals surface area (Å²) in [6, 6.07) is 0. The van der Waals surface area contributed by atoms with Crippen LogP contribution in [0.15, 0.2) is 17.7 Å². The molecule has 0 aliphatic rings. The van der Waals surface area contributed by atoms with Crippen LogP contribution in [-0.4, -0.2) is 31.4 Å². The second-order valence-electron chi connectivity index (χ2n) is 3.55. The van der Waals surface area contributed by atoms with Crippen LogP contribution in [0.3, 0.4) is 0 Å². The lowest BCUT2D eigenvalue weighted by Crippen LogP contribution is -2.04. The summed E-state index contributed by atoms with van der Waals surface area (Å²) in [6.45, 7) is 2.19. The molecule has 0 aliphatic carbocycles. The Morgan fingerprint density at radius 1 is 1.44 bits per heavy atom. The third kappa shape index (κ3) is 2.49. The molecule has 16 heavy (non-hydrogen) atoms. The topological polar surface area (TPSA) is 54.5 Å². The van der Waals surface area contributed by atoms with Gasteiger partial charge in [-0.25, -0.2) is 15.0 Å². The average Bonchev–Trinajstić information content (AvgIpc) is 2.79. The lowest BCUT2D eigenvalue weighted by Gasteiger charge is -2.10. The van der Waals surface area contributed by atoms with Crippen molar-refractivity contribution in [2.45, 2.75) is 18.4 Å². The standard InChI is InChI=1S/C10H14N4S2/c1-2-7(3-15)4-16-10-8-9(12-5-11-8)13-6-14-10/h5-7,15H,2-4H2,1H3,(H,11,12,13,14). The smallest absolute Gasteiger partial charge is 0.181 e. The van der Waals surface area contributed by atoms with Crippen molar-refractivity contribution in [1.29, 1.82) is 0 Å². The fourth-order valence-corrected chi connectivity index (χ4v) is 3.07. The molecule has 1 unspecified atom stereocenters. The maximum absolute atomic E-state index is 4.34. The highest BCUT2D eigenvalue weighted by molar-refractivity contribution is 7.99. The molecule has 86 valence electrons. The highest BCUT2D eigenvalue weighted by atomic mass is 32.2. The van der Waals surface area contributed by atoms with Gasteiger partial charge in [0.2, 0.25) is 0 Å². The number of rotatable bonds is 5. The van der Waals surface area contributed by atoms with Crippen LogP contribution in [-0.2, 0) is 0 Å². The van der Waals surface area contributed by atoms with Crippen LogP contribution < -0.4 is 0 Å². The SMILES string of the molecule is CCC(CS)CSc1ncnc2nc[nH]c12. The van der Waals surface area contributed by atoms with Gasteiger partial charge in [-0.3, -0.25) is 0 Å². The first-order valence-electron chi connectivity index (χ1n) is 5.22. The number of thiol groups is 1. The first kappa shape index (κ1) is 11.7. The molecule has 1 atom stereocenters. The number of hydrogen-bond acceptors (Lipinski definition) is 5. The van der Waals surface area contributed by atoms with Crippen LogP contribution in [0, 0.1) is 5.92 Å². The normalized spacial score (nSPS) is 13.1. The molecule has 2 rings (SSSR count). The van der Waals surface area contributed by atoms with E-state index >= 15 is 0 Å². The molecule has 0 radical (unpaired) electrons. The minimum Gasteiger partial charge on any atom is -0.341 e. The zero-order valence-electron chi connectivity index (χ0n) is 9.05. The highest BCUT2D eigenvalue weighted by Crippen LogP contribution is 2.25. The lowest BCUT2D eigenvalue weighted by atomic mass is 10.2. The van der Waals surface area contributed by atoms with Gasteiger partial charge in [0.15, 0.2) is 5.65 Å². The number of nitrogens with zero attached hydrogens (tertiary/aromatic N) is 3. The fraction of sp³-hybridized carbons (Fsp3) is 0.500. The number of imidazole rings is 1. The van der Waals surface area contributed by atoms with Crippen molar-refractivity contribution >= 4 is 35.6 Å². The first-order valence-corrected chi connectivity index (χ1v) is 6.84. The van der Waals surface area contributed by atoms with Crippen LogP contribution in [0.1, 0.15) is 13.3 Å². The zero-order chi connectivity index (χ0) is 11.4. The fourth-order valence-electron chi connectivity index (χ4n) is 1.35. The Labute approximate surface area is 104 Å². The molecule has 6 heteroatoms. The Kier molecular flexibility index (Phi) is 4.06. The second-order valence-corrected chi connectivity index (χ2v) is 4.92. The van der Waals surface area contributed by atoms with Gasteiger partial charge in [-0.2, -0.15) is 12.6 Å². The van der Waals surface area contributed by atoms with E-state index in [0.717, 1.165) is 34.1 Å². The number of hydrogen-bond donors (Lipinski definition) is 2. The molecular formula is C10H14N4S2. The van der Waals surface area contributed by atoms with Gasteiger partial charge in [-0.15, -0.1) is 11.8 Å². The van der Waals surface area contributed by atoms with E-state index in [4.69, 9.17) is 0 Å². The molecule has 0 spiro atoms. The van der Waals surface area contributed by atoms with Crippen LogP contribution >= 0.6 is 24.4 Å². The number of aromatic nitrogens is 4. The predicted molar refractivity (Wildman–Crippen MR) is 70.0 cm³/mol. The van der Waals surface area contributed by atoms with Crippen molar-refractivity contribution in [3.05, 3.63) is 12.7 Å². The second kappa shape index (κ2) is 5.54. The van der Waals surface area contributed by atoms with Crippen LogP contribution in [0.4, 0.5) is 0 Å². The van der Waals surface area contributed by atoms with Crippen LogP contribution in [0.25, 0.3) is 11.2 Å². The number of nitrogens with one attached hydrogen (secondary N) is 1. The number of aromatic amines is 1. The van der Waals surface area contributed by atoms with E-state index in [1.165, 1.54) is 0 Å². The van der Waals surface area contributed by atoms with Crippen molar-refractivity contribution in [3.8, 4) is 0 Å².